The van der Waals surface area contributed by atoms with Crippen molar-refractivity contribution < 1.29 is 0 Å². The normalized spacial score (nSPS) is 35.6. The zero-order chi connectivity index (χ0) is 11.9. The van der Waals surface area contributed by atoms with Crippen molar-refractivity contribution in [2.24, 2.45) is 11.3 Å². The van der Waals surface area contributed by atoms with Gasteiger partial charge < -0.3 is 4.90 Å². The summed E-state index contributed by atoms with van der Waals surface area (Å²) in [6.07, 6.45) is 1.41. The Kier molecular flexibility index (Phi) is 3.33. The maximum atomic E-state index is 2.75. The van der Waals surface area contributed by atoms with Crippen molar-refractivity contribution in [3.63, 3.8) is 0 Å². The molecule has 2 nitrogen and oxygen atoms in total. The number of hydrogen-bond donors (Lipinski definition) is 0. The highest BCUT2D eigenvalue weighted by Crippen LogP contribution is 2.41. The van der Waals surface area contributed by atoms with Crippen molar-refractivity contribution in [2.75, 3.05) is 26.2 Å². The fraction of sp³-hybridized carbons (Fsp3) is 1.00. The molecule has 0 radical (unpaired) electrons. The van der Waals surface area contributed by atoms with E-state index in [0.717, 1.165) is 12.0 Å². The molecule has 0 aromatic carbocycles. The lowest BCUT2D eigenvalue weighted by Gasteiger charge is -2.49. The fourth-order valence-electron chi connectivity index (χ4n) is 3.81. The highest BCUT2D eigenvalue weighted by atomic mass is 15.3. The topological polar surface area (TPSA) is 6.48 Å². The van der Waals surface area contributed by atoms with Crippen LogP contribution in [0.3, 0.4) is 0 Å². The molecule has 0 aromatic rings. The number of rotatable bonds is 2. The molecule has 94 valence electrons. The van der Waals surface area contributed by atoms with E-state index in [1.54, 1.807) is 0 Å². The van der Waals surface area contributed by atoms with Crippen LogP contribution >= 0.6 is 0 Å². The van der Waals surface area contributed by atoms with E-state index >= 15 is 0 Å². The first kappa shape index (κ1) is 12.4. The Morgan fingerprint density at radius 3 is 2.44 bits per heavy atom. The molecule has 16 heavy (non-hydrogen) atoms. The van der Waals surface area contributed by atoms with Crippen LogP contribution < -0.4 is 0 Å². The molecule has 0 amide bonds. The van der Waals surface area contributed by atoms with Gasteiger partial charge in [-0.2, -0.15) is 0 Å². The molecule has 0 saturated carbocycles. The minimum Gasteiger partial charge on any atom is -0.302 e. The van der Waals surface area contributed by atoms with Crippen LogP contribution in [0.25, 0.3) is 0 Å². The minimum atomic E-state index is 0.497. The number of piperidine rings is 1. The van der Waals surface area contributed by atoms with Crippen molar-refractivity contribution in [1.82, 2.24) is 9.80 Å². The molecule has 2 heteroatoms. The van der Waals surface area contributed by atoms with Crippen LogP contribution in [0.1, 0.15) is 41.0 Å². The Balaban J connectivity index is 2.24. The lowest BCUT2D eigenvalue weighted by Crippen LogP contribution is -2.55. The van der Waals surface area contributed by atoms with Gasteiger partial charge in [0.1, 0.15) is 0 Å². The van der Waals surface area contributed by atoms with Crippen LogP contribution in [0.15, 0.2) is 0 Å². The second-order valence-electron chi connectivity index (χ2n) is 6.72. The van der Waals surface area contributed by atoms with E-state index in [4.69, 9.17) is 0 Å². The van der Waals surface area contributed by atoms with Gasteiger partial charge in [0, 0.05) is 31.7 Å². The second-order valence-corrected chi connectivity index (χ2v) is 6.72. The predicted octanol–water partition coefficient (Wildman–Crippen LogP) is 2.45. The number of nitrogens with zero attached hydrogens (tertiary/aromatic N) is 2. The van der Waals surface area contributed by atoms with Crippen LogP contribution in [0.2, 0.25) is 0 Å². The van der Waals surface area contributed by atoms with E-state index in [9.17, 15) is 0 Å². The summed E-state index contributed by atoms with van der Waals surface area (Å²) in [7, 11) is 0. The van der Waals surface area contributed by atoms with E-state index in [1.165, 1.54) is 32.6 Å². The molecule has 3 heterocycles. The Morgan fingerprint density at radius 1 is 1.19 bits per heavy atom. The highest BCUT2D eigenvalue weighted by molar-refractivity contribution is 5.00. The molecule has 3 saturated heterocycles. The first-order chi connectivity index (χ1) is 7.44. The van der Waals surface area contributed by atoms with Gasteiger partial charge in [0.2, 0.25) is 0 Å². The lowest BCUT2D eigenvalue weighted by molar-refractivity contribution is 0.00377. The summed E-state index contributed by atoms with van der Waals surface area (Å²) in [6, 6.07) is 1.45. The first-order valence-corrected chi connectivity index (χ1v) is 6.92. The summed E-state index contributed by atoms with van der Waals surface area (Å²) in [5, 5.41) is 0. The van der Waals surface area contributed by atoms with E-state index in [-0.39, 0.29) is 0 Å². The number of fused-ring (bicyclic) bond motifs is 4. The van der Waals surface area contributed by atoms with E-state index in [2.05, 4.69) is 44.4 Å². The lowest BCUT2D eigenvalue weighted by atomic mass is 9.73. The molecular weight excluding hydrogens is 196 g/mol. The van der Waals surface area contributed by atoms with Crippen LogP contribution in [0.4, 0.5) is 0 Å². The second kappa shape index (κ2) is 4.30. The maximum Gasteiger partial charge on any atom is 0.0277 e. The molecule has 3 rings (SSSR count). The standard InChI is InChI=1S/C14H28N2/c1-6-15-8-12-7-14(4,5)13(10-15)16(9-12)11(2)3/h11-13H,6-10H2,1-5H3. The predicted molar refractivity (Wildman–Crippen MR) is 69.6 cm³/mol. The molecular formula is C14H28N2. The fourth-order valence-corrected chi connectivity index (χ4v) is 3.81. The molecule has 2 unspecified atom stereocenters. The van der Waals surface area contributed by atoms with E-state index in [1.807, 2.05) is 0 Å². The van der Waals surface area contributed by atoms with Gasteiger partial charge in [0.05, 0.1) is 0 Å². The Labute approximate surface area is 101 Å². The Hall–Kier alpha value is -0.0800. The van der Waals surface area contributed by atoms with Gasteiger partial charge in [-0.3, -0.25) is 4.90 Å². The average Bonchev–Trinajstić information content (AvgIpc) is 2.43. The molecule has 0 aromatic heterocycles. The van der Waals surface area contributed by atoms with Gasteiger partial charge in [-0.1, -0.05) is 20.8 Å². The minimum absolute atomic E-state index is 0.497. The Bertz CT molecular complexity index is 247. The van der Waals surface area contributed by atoms with Gasteiger partial charge in [0.15, 0.2) is 0 Å². The summed E-state index contributed by atoms with van der Waals surface area (Å²) in [5.41, 5.74) is 0.497. The van der Waals surface area contributed by atoms with Gasteiger partial charge >= 0.3 is 0 Å². The zero-order valence-corrected chi connectivity index (χ0v) is 11.7. The summed E-state index contributed by atoms with van der Waals surface area (Å²) < 4.78 is 0. The third-order valence-electron chi connectivity index (χ3n) is 4.64. The van der Waals surface area contributed by atoms with Crippen LogP contribution in [0.5, 0.6) is 0 Å². The van der Waals surface area contributed by atoms with Crippen molar-refractivity contribution in [2.45, 2.75) is 53.1 Å². The third kappa shape index (κ3) is 2.14. The molecule has 2 bridgehead atoms. The molecule has 3 fully saturated rings. The van der Waals surface area contributed by atoms with Crippen LogP contribution in [-0.4, -0.2) is 48.1 Å². The molecule has 0 N–H and O–H groups in total. The maximum absolute atomic E-state index is 2.75. The average molecular weight is 224 g/mol. The SMILES string of the molecule is CCN1CC2CN(C(C)C)C(C1)C(C)(C)C2. The van der Waals surface area contributed by atoms with Gasteiger partial charge in [-0.25, -0.2) is 0 Å². The number of likely N-dealkylation sites (N-methyl/N-ethyl adjacent to an activating group) is 1. The molecule has 0 aliphatic carbocycles. The largest absolute Gasteiger partial charge is 0.302 e. The molecule has 0 spiro atoms. The first-order valence-electron chi connectivity index (χ1n) is 6.92. The third-order valence-corrected chi connectivity index (χ3v) is 4.64. The van der Waals surface area contributed by atoms with E-state index in [0.29, 0.717) is 11.5 Å². The quantitative estimate of drug-likeness (QED) is 0.711. The molecule has 3 aliphatic rings. The zero-order valence-electron chi connectivity index (χ0n) is 11.7. The van der Waals surface area contributed by atoms with Crippen LogP contribution in [0, 0.1) is 11.3 Å². The van der Waals surface area contributed by atoms with Gasteiger partial charge in [-0.15, -0.1) is 0 Å². The summed E-state index contributed by atoms with van der Waals surface area (Å²) >= 11 is 0. The van der Waals surface area contributed by atoms with Crippen molar-refractivity contribution in [3.8, 4) is 0 Å². The van der Waals surface area contributed by atoms with Gasteiger partial charge in [0.25, 0.3) is 0 Å². The summed E-state index contributed by atoms with van der Waals surface area (Å²) in [4.78, 5) is 5.41. The summed E-state index contributed by atoms with van der Waals surface area (Å²) in [5.74, 6) is 0.885. The smallest absolute Gasteiger partial charge is 0.0277 e. The summed E-state index contributed by atoms with van der Waals surface area (Å²) in [6.45, 7) is 17.1. The number of hydrogen-bond acceptors (Lipinski definition) is 2. The van der Waals surface area contributed by atoms with Crippen molar-refractivity contribution >= 4 is 0 Å². The molecule has 2 atom stereocenters. The monoisotopic (exact) mass is 224 g/mol. The van der Waals surface area contributed by atoms with E-state index < -0.39 is 0 Å². The van der Waals surface area contributed by atoms with Gasteiger partial charge in [-0.05, 0) is 38.1 Å². The van der Waals surface area contributed by atoms with Crippen molar-refractivity contribution in [3.05, 3.63) is 0 Å². The molecule has 3 aliphatic heterocycles. The van der Waals surface area contributed by atoms with Crippen LogP contribution in [-0.2, 0) is 0 Å². The Morgan fingerprint density at radius 2 is 1.88 bits per heavy atom. The van der Waals surface area contributed by atoms with Crippen molar-refractivity contribution in [1.29, 1.82) is 0 Å². The highest BCUT2D eigenvalue weighted by Gasteiger charge is 2.45.